The molecule has 2 N–H and O–H groups in total. The fourth-order valence-electron chi connectivity index (χ4n) is 1.82. The van der Waals surface area contributed by atoms with Gasteiger partial charge in [-0.3, -0.25) is 9.89 Å². The fourth-order valence-corrected chi connectivity index (χ4v) is 1.82. The Kier molecular flexibility index (Phi) is 2.76. The highest BCUT2D eigenvalue weighted by Gasteiger charge is 2.17. The van der Waals surface area contributed by atoms with E-state index in [9.17, 15) is 4.79 Å². The van der Waals surface area contributed by atoms with Crippen molar-refractivity contribution in [2.24, 2.45) is 0 Å². The molecule has 2 rings (SSSR count). The molecule has 0 radical (unpaired) electrons. The predicted molar refractivity (Wildman–Crippen MR) is 50.5 cm³/mol. The predicted octanol–water partition coefficient (Wildman–Crippen LogP) is 0.406. The summed E-state index contributed by atoms with van der Waals surface area (Å²) >= 11 is 0. The van der Waals surface area contributed by atoms with E-state index in [-0.39, 0.29) is 5.91 Å². The van der Waals surface area contributed by atoms with Crippen LogP contribution in [0, 0.1) is 0 Å². The van der Waals surface area contributed by atoms with Crippen LogP contribution in [0.4, 0.5) is 0 Å². The second kappa shape index (κ2) is 4.21. The average molecular weight is 194 g/mol. The monoisotopic (exact) mass is 194 g/mol. The molecule has 0 bridgehead atoms. The Morgan fingerprint density at radius 2 is 2.36 bits per heavy atom. The third kappa shape index (κ3) is 2.31. The van der Waals surface area contributed by atoms with Gasteiger partial charge in [-0.1, -0.05) is 12.8 Å². The van der Waals surface area contributed by atoms with E-state index >= 15 is 0 Å². The van der Waals surface area contributed by atoms with E-state index in [4.69, 9.17) is 0 Å². The zero-order valence-electron chi connectivity index (χ0n) is 7.99. The number of nitrogens with zero attached hydrogens (tertiary/aromatic N) is 2. The van der Waals surface area contributed by atoms with Crippen molar-refractivity contribution in [3.05, 3.63) is 12.2 Å². The molecule has 0 atom stereocenters. The van der Waals surface area contributed by atoms with Gasteiger partial charge in [0.15, 0.2) is 0 Å². The highest BCUT2D eigenvalue weighted by Crippen LogP contribution is 2.17. The van der Waals surface area contributed by atoms with E-state index in [1.807, 2.05) is 0 Å². The molecule has 1 amide bonds. The third-order valence-corrected chi connectivity index (χ3v) is 2.51. The molecule has 5 heteroatoms. The van der Waals surface area contributed by atoms with Crippen molar-refractivity contribution >= 4 is 5.91 Å². The SMILES string of the molecule is O=C(Cc1ncn[nH]1)NC1CCCC1. The van der Waals surface area contributed by atoms with Gasteiger partial charge in [-0.15, -0.1) is 0 Å². The standard InChI is InChI=1S/C9H14N4O/c14-9(5-8-10-6-11-13-8)12-7-3-1-2-4-7/h6-7H,1-5H2,(H,12,14)(H,10,11,13). The summed E-state index contributed by atoms with van der Waals surface area (Å²) in [7, 11) is 0. The van der Waals surface area contributed by atoms with Crippen LogP contribution in [0.15, 0.2) is 6.33 Å². The van der Waals surface area contributed by atoms with Gasteiger partial charge in [0.25, 0.3) is 0 Å². The molecule has 5 nitrogen and oxygen atoms in total. The number of hydrogen-bond acceptors (Lipinski definition) is 3. The molecular weight excluding hydrogens is 180 g/mol. The second-order valence-corrected chi connectivity index (χ2v) is 3.66. The molecule has 1 saturated carbocycles. The van der Waals surface area contributed by atoms with Crippen molar-refractivity contribution in [1.82, 2.24) is 20.5 Å². The molecule has 1 aromatic heterocycles. The van der Waals surface area contributed by atoms with Gasteiger partial charge in [-0.2, -0.15) is 5.10 Å². The number of aromatic nitrogens is 3. The first kappa shape index (κ1) is 9.18. The van der Waals surface area contributed by atoms with Gasteiger partial charge in [0.05, 0.1) is 6.42 Å². The van der Waals surface area contributed by atoms with Crippen LogP contribution in [-0.2, 0) is 11.2 Å². The Bertz CT molecular complexity index is 290. The molecule has 1 aromatic rings. The first-order chi connectivity index (χ1) is 6.84. The number of carbonyl (C=O) groups excluding carboxylic acids is 1. The summed E-state index contributed by atoms with van der Waals surface area (Å²) in [5, 5.41) is 9.35. The van der Waals surface area contributed by atoms with E-state index in [2.05, 4.69) is 20.5 Å². The average Bonchev–Trinajstić information content (AvgIpc) is 2.76. The van der Waals surface area contributed by atoms with E-state index in [1.54, 1.807) is 0 Å². The highest BCUT2D eigenvalue weighted by molar-refractivity contribution is 5.78. The number of H-pyrrole nitrogens is 1. The number of carbonyl (C=O) groups is 1. The third-order valence-electron chi connectivity index (χ3n) is 2.51. The number of aromatic amines is 1. The van der Waals surface area contributed by atoms with Gasteiger partial charge in [-0.25, -0.2) is 4.98 Å². The van der Waals surface area contributed by atoms with Crippen LogP contribution in [0.5, 0.6) is 0 Å². The largest absolute Gasteiger partial charge is 0.353 e. The Labute approximate surface area is 82.3 Å². The van der Waals surface area contributed by atoms with E-state index in [0.29, 0.717) is 18.3 Å². The Hall–Kier alpha value is -1.39. The van der Waals surface area contributed by atoms with Crippen LogP contribution in [0.3, 0.4) is 0 Å². The molecule has 1 aliphatic carbocycles. The zero-order valence-corrected chi connectivity index (χ0v) is 7.99. The van der Waals surface area contributed by atoms with Crippen LogP contribution < -0.4 is 5.32 Å². The second-order valence-electron chi connectivity index (χ2n) is 3.66. The van der Waals surface area contributed by atoms with Crippen molar-refractivity contribution in [2.75, 3.05) is 0 Å². The van der Waals surface area contributed by atoms with Gasteiger partial charge in [0.2, 0.25) is 5.91 Å². The van der Waals surface area contributed by atoms with Crippen molar-refractivity contribution in [3.63, 3.8) is 0 Å². The molecule has 1 aliphatic rings. The van der Waals surface area contributed by atoms with Crippen molar-refractivity contribution in [2.45, 2.75) is 38.1 Å². The normalized spacial score (nSPS) is 17.1. The van der Waals surface area contributed by atoms with Crippen LogP contribution >= 0.6 is 0 Å². The summed E-state index contributed by atoms with van der Waals surface area (Å²) in [5.41, 5.74) is 0. The first-order valence-electron chi connectivity index (χ1n) is 4.98. The van der Waals surface area contributed by atoms with Gasteiger partial charge in [-0.05, 0) is 12.8 Å². The van der Waals surface area contributed by atoms with Crippen molar-refractivity contribution in [3.8, 4) is 0 Å². The minimum atomic E-state index is 0.0358. The molecule has 0 saturated heterocycles. The maximum Gasteiger partial charge on any atom is 0.227 e. The molecule has 0 unspecified atom stereocenters. The fraction of sp³-hybridized carbons (Fsp3) is 0.667. The number of rotatable bonds is 3. The van der Waals surface area contributed by atoms with Crippen LogP contribution in [0.25, 0.3) is 0 Å². The number of hydrogen-bond donors (Lipinski definition) is 2. The van der Waals surface area contributed by atoms with E-state index < -0.39 is 0 Å². The smallest absolute Gasteiger partial charge is 0.227 e. The molecule has 1 fully saturated rings. The number of nitrogens with one attached hydrogen (secondary N) is 2. The van der Waals surface area contributed by atoms with Crippen molar-refractivity contribution < 1.29 is 4.79 Å². The van der Waals surface area contributed by atoms with Crippen LogP contribution in [0.1, 0.15) is 31.5 Å². The zero-order chi connectivity index (χ0) is 9.80. The molecule has 0 aliphatic heterocycles. The summed E-state index contributed by atoms with van der Waals surface area (Å²) in [6.45, 7) is 0. The van der Waals surface area contributed by atoms with Gasteiger partial charge in [0, 0.05) is 6.04 Å². The molecular formula is C9H14N4O. The van der Waals surface area contributed by atoms with Gasteiger partial charge in [0.1, 0.15) is 12.2 Å². The topological polar surface area (TPSA) is 70.7 Å². The minimum absolute atomic E-state index is 0.0358. The lowest BCUT2D eigenvalue weighted by atomic mass is 10.2. The molecule has 14 heavy (non-hydrogen) atoms. The minimum Gasteiger partial charge on any atom is -0.353 e. The summed E-state index contributed by atoms with van der Waals surface area (Å²) in [4.78, 5) is 15.4. The van der Waals surface area contributed by atoms with Gasteiger partial charge >= 0.3 is 0 Å². The number of amides is 1. The van der Waals surface area contributed by atoms with E-state index in [0.717, 1.165) is 12.8 Å². The molecule has 0 aromatic carbocycles. The summed E-state index contributed by atoms with van der Waals surface area (Å²) in [6.07, 6.45) is 6.40. The lowest BCUT2D eigenvalue weighted by Gasteiger charge is -2.10. The highest BCUT2D eigenvalue weighted by atomic mass is 16.1. The lowest BCUT2D eigenvalue weighted by molar-refractivity contribution is -0.121. The Morgan fingerprint density at radius 3 is 3.00 bits per heavy atom. The lowest BCUT2D eigenvalue weighted by Crippen LogP contribution is -2.33. The summed E-state index contributed by atoms with van der Waals surface area (Å²) < 4.78 is 0. The molecule has 76 valence electrons. The van der Waals surface area contributed by atoms with Gasteiger partial charge < -0.3 is 5.32 Å². The maximum atomic E-state index is 11.5. The Morgan fingerprint density at radius 1 is 1.57 bits per heavy atom. The molecule has 0 spiro atoms. The molecule has 1 heterocycles. The summed E-state index contributed by atoms with van der Waals surface area (Å²) in [5.74, 6) is 0.661. The van der Waals surface area contributed by atoms with Crippen LogP contribution in [0.2, 0.25) is 0 Å². The maximum absolute atomic E-state index is 11.5. The van der Waals surface area contributed by atoms with Crippen LogP contribution in [-0.4, -0.2) is 27.1 Å². The first-order valence-corrected chi connectivity index (χ1v) is 4.98. The van der Waals surface area contributed by atoms with E-state index in [1.165, 1.54) is 19.2 Å². The summed E-state index contributed by atoms with van der Waals surface area (Å²) in [6, 6.07) is 0.380. The van der Waals surface area contributed by atoms with Crippen molar-refractivity contribution in [1.29, 1.82) is 0 Å². The Balaban J connectivity index is 1.78. The quantitative estimate of drug-likeness (QED) is 0.732.